The van der Waals surface area contributed by atoms with E-state index in [1.807, 2.05) is 30.3 Å². The predicted octanol–water partition coefficient (Wildman–Crippen LogP) is 6.24. The molecule has 2 aliphatic rings. The van der Waals surface area contributed by atoms with Crippen LogP contribution < -0.4 is 10.2 Å². The summed E-state index contributed by atoms with van der Waals surface area (Å²) in [7, 11) is 0. The Morgan fingerprint density at radius 1 is 0.833 bits per heavy atom. The second kappa shape index (κ2) is 12.6. The largest absolute Gasteiger partial charge is 0.379 e. The molecule has 2 heterocycles. The molecule has 1 amide bonds. The van der Waals surface area contributed by atoms with Crippen LogP contribution in [-0.4, -0.2) is 55.9 Å². The van der Waals surface area contributed by atoms with Crippen molar-refractivity contribution < 1.29 is 18.3 Å². The molecule has 0 saturated carbocycles. The van der Waals surface area contributed by atoms with Crippen LogP contribution in [-0.2, 0) is 11.3 Å². The Morgan fingerprint density at radius 3 is 2.31 bits per heavy atom. The zero-order valence-corrected chi connectivity index (χ0v) is 23.2. The van der Waals surface area contributed by atoms with Gasteiger partial charge in [0.1, 0.15) is 11.6 Å². The van der Waals surface area contributed by atoms with Gasteiger partial charge in [-0.05, 0) is 72.6 Å². The summed E-state index contributed by atoms with van der Waals surface area (Å²) in [6, 6.07) is 26.1. The van der Waals surface area contributed by atoms with Crippen LogP contribution in [0.2, 0.25) is 0 Å². The van der Waals surface area contributed by atoms with Gasteiger partial charge in [-0.3, -0.25) is 9.69 Å². The second-order valence-electron chi connectivity index (χ2n) is 10.5. The minimum absolute atomic E-state index is 0.249. The van der Waals surface area contributed by atoms with Crippen molar-refractivity contribution in [2.75, 3.05) is 44.3 Å². The third-order valence-electron chi connectivity index (χ3n) is 7.65. The van der Waals surface area contributed by atoms with Crippen molar-refractivity contribution >= 4 is 28.7 Å². The Morgan fingerprint density at radius 2 is 1.55 bits per heavy atom. The maximum atomic E-state index is 13.9. The Kier molecular flexibility index (Phi) is 8.35. The molecule has 0 unspecified atom stereocenters. The fraction of sp³-hybridized carbons (Fsp3) is 0.235. The van der Waals surface area contributed by atoms with Crippen molar-refractivity contribution in [2.45, 2.75) is 13.0 Å². The lowest BCUT2D eigenvalue weighted by atomic mass is 10.00. The number of halogens is 2. The van der Waals surface area contributed by atoms with E-state index in [4.69, 9.17) is 9.73 Å². The first-order valence-electron chi connectivity index (χ1n) is 14.2. The number of hydrogen-bond acceptors (Lipinski definition) is 5. The van der Waals surface area contributed by atoms with Gasteiger partial charge in [-0.25, -0.2) is 13.8 Å². The van der Waals surface area contributed by atoms with Crippen molar-refractivity contribution in [3.63, 3.8) is 0 Å². The van der Waals surface area contributed by atoms with Crippen molar-refractivity contribution in [1.82, 2.24) is 10.2 Å². The van der Waals surface area contributed by atoms with E-state index in [1.165, 1.54) is 24.3 Å². The van der Waals surface area contributed by atoms with Gasteiger partial charge in [0.05, 0.1) is 36.0 Å². The van der Waals surface area contributed by atoms with Crippen LogP contribution in [0.15, 0.2) is 96.0 Å². The van der Waals surface area contributed by atoms with Crippen molar-refractivity contribution in [1.29, 1.82) is 0 Å². The van der Waals surface area contributed by atoms with E-state index in [0.29, 0.717) is 17.0 Å². The van der Waals surface area contributed by atoms with Gasteiger partial charge >= 0.3 is 0 Å². The maximum absolute atomic E-state index is 13.9. The molecule has 42 heavy (non-hydrogen) atoms. The number of morpholine rings is 1. The number of carbonyl (C=O) groups is 1. The number of hydrogen-bond donors (Lipinski definition) is 1. The molecule has 0 radical (unpaired) electrons. The van der Waals surface area contributed by atoms with Crippen LogP contribution in [0.1, 0.15) is 33.5 Å². The third kappa shape index (κ3) is 6.25. The minimum atomic E-state index is -0.318. The molecular weight excluding hydrogens is 534 g/mol. The van der Waals surface area contributed by atoms with Crippen molar-refractivity contribution in [3.05, 3.63) is 125 Å². The van der Waals surface area contributed by atoms with Crippen LogP contribution in [0.5, 0.6) is 0 Å². The zero-order valence-electron chi connectivity index (χ0n) is 23.2. The van der Waals surface area contributed by atoms with Crippen LogP contribution >= 0.6 is 0 Å². The molecule has 2 aliphatic heterocycles. The lowest BCUT2D eigenvalue weighted by Crippen LogP contribution is -2.37. The number of nitrogens with zero attached hydrogens (tertiary/aromatic N) is 3. The van der Waals surface area contributed by atoms with E-state index in [2.05, 4.69) is 21.2 Å². The van der Waals surface area contributed by atoms with E-state index in [9.17, 15) is 13.6 Å². The summed E-state index contributed by atoms with van der Waals surface area (Å²) in [6.45, 7) is 5.37. The molecule has 4 aromatic rings. The number of benzene rings is 4. The summed E-state index contributed by atoms with van der Waals surface area (Å²) in [4.78, 5) is 23.0. The van der Waals surface area contributed by atoms with E-state index < -0.39 is 0 Å². The molecule has 4 aromatic carbocycles. The number of anilines is 2. The number of ether oxygens (including phenoxy) is 1. The van der Waals surface area contributed by atoms with Crippen LogP contribution in [0.4, 0.5) is 25.8 Å². The van der Waals surface area contributed by atoms with Crippen molar-refractivity contribution in [2.24, 2.45) is 4.99 Å². The molecule has 1 fully saturated rings. The highest BCUT2D eigenvalue weighted by atomic mass is 19.1. The standard InChI is InChI=1S/C34H32F2N4O2/c35-27-11-6-24(7-12-27)23-37-34(41)26-10-15-32-30(22-26)38-33(25-8-13-28(36)14-9-25)29-4-1-2-5-31(29)40(32)17-3-16-39-18-20-42-21-19-39/h1-2,4-15,22H,3,16-21,23H2,(H,37,41). The van der Waals surface area contributed by atoms with Gasteiger partial charge in [0, 0.05) is 49.4 Å². The van der Waals surface area contributed by atoms with E-state index in [0.717, 1.165) is 73.9 Å². The Balaban J connectivity index is 1.34. The van der Waals surface area contributed by atoms with E-state index >= 15 is 0 Å². The predicted molar refractivity (Wildman–Crippen MR) is 161 cm³/mol. The maximum Gasteiger partial charge on any atom is 0.251 e. The Labute approximate surface area is 244 Å². The summed E-state index contributed by atoms with van der Waals surface area (Å²) in [5, 5.41) is 2.92. The molecule has 0 atom stereocenters. The molecule has 0 aromatic heterocycles. The number of rotatable bonds is 8. The van der Waals surface area contributed by atoms with E-state index in [-0.39, 0.29) is 24.1 Å². The van der Waals surface area contributed by atoms with Crippen molar-refractivity contribution in [3.8, 4) is 0 Å². The average Bonchev–Trinajstić information content (AvgIpc) is 3.16. The first-order chi connectivity index (χ1) is 20.5. The lowest BCUT2D eigenvalue weighted by molar-refractivity contribution is 0.0377. The molecule has 0 bridgehead atoms. The average molecular weight is 567 g/mol. The first kappa shape index (κ1) is 27.8. The number of carbonyl (C=O) groups excluding carboxylic acids is 1. The summed E-state index contributed by atoms with van der Waals surface area (Å²) < 4.78 is 32.7. The summed E-state index contributed by atoms with van der Waals surface area (Å²) >= 11 is 0. The molecule has 0 aliphatic carbocycles. The Hall–Kier alpha value is -4.40. The number of fused-ring (bicyclic) bond motifs is 2. The van der Waals surface area contributed by atoms with Gasteiger partial charge in [0.2, 0.25) is 0 Å². The fourth-order valence-corrected chi connectivity index (χ4v) is 5.43. The monoisotopic (exact) mass is 566 g/mol. The van der Waals surface area contributed by atoms with E-state index in [1.54, 1.807) is 30.3 Å². The second-order valence-corrected chi connectivity index (χ2v) is 10.5. The summed E-state index contributed by atoms with van der Waals surface area (Å²) in [6.07, 6.45) is 0.930. The molecule has 0 spiro atoms. The van der Waals surface area contributed by atoms with Gasteiger partial charge in [0.25, 0.3) is 5.91 Å². The van der Waals surface area contributed by atoms with Crippen LogP contribution in [0, 0.1) is 11.6 Å². The third-order valence-corrected chi connectivity index (χ3v) is 7.65. The zero-order chi connectivity index (χ0) is 28.9. The number of amides is 1. The summed E-state index contributed by atoms with van der Waals surface area (Å²) in [5.74, 6) is -0.881. The Bertz CT molecular complexity index is 1580. The van der Waals surface area contributed by atoms with Gasteiger partial charge < -0.3 is 15.0 Å². The molecule has 1 N–H and O–H groups in total. The fourth-order valence-electron chi connectivity index (χ4n) is 5.43. The minimum Gasteiger partial charge on any atom is -0.379 e. The topological polar surface area (TPSA) is 57.2 Å². The van der Waals surface area contributed by atoms with Gasteiger partial charge in [-0.1, -0.05) is 30.3 Å². The van der Waals surface area contributed by atoms with Crippen LogP contribution in [0.25, 0.3) is 0 Å². The molecular formula is C34H32F2N4O2. The van der Waals surface area contributed by atoms with Crippen LogP contribution in [0.3, 0.4) is 0 Å². The number of para-hydroxylation sites is 1. The van der Waals surface area contributed by atoms with Gasteiger partial charge in [-0.2, -0.15) is 0 Å². The number of aliphatic imine (C=N–C) groups is 1. The molecule has 8 heteroatoms. The first-order valence-corrected chi connectivity index (χ1v) is 14.2. The molecule has 1 saturated heterocycles. The smallest absolute Gasteiger partial charge is 0.251 e. The molecule has 6 nitrogen and oxygen atoms in total. The highest BCUT2D eigenvalue weighted by Crippen LogP contribution is 2.41. The molecule has 6 rings (SSSR count). The van der Waals surface area contributed by atoms with Gasteiger partial charge in [0.15, 0.2) is 0 Å². The molecule has 214 valence electrons. The number of nitrogens with one attached hydrogen (secondary N) is 1. The summed E-state index contributed by atoms with van der Waals surface area (Å²) in [5.41, 5.74) is 6.28. The quantitative estimate of drug-likeness (QED) is 0.275. The lowest BCUT2D eigenvalue weighted by Gasteiger charge is -2.30. The SMILES string of the molecule is O=C(NCc1ccc(F)cc1)c1ccc2c(c1)N=C(c1ccc(F)cc1)c1ccccc1N2CCCN1CCOCC1. The highest BCUT2D eigenvalue weighted by molar-refractivity contribution is 6.19. The normalized spacial score (nSPS) is 14.9. The highest BCUT2D eigenvalue weighted by Gasteiger charge is 2.25. The van der Waals surface area contributed by atoms with Gasteiger partial charge in [-0.15, -0.1) is 0 Å².